The number of carboxylic acid groups (broad SMARTS) is 1. The zero-order chi connectivity index (χ0) is 41.9. The van der Waals surface area contributed by atoms with Crippen LogP contribution in [0.4, 0.5) is 0 Å². The third-order valence-corrected chi connectivity index (χ3v) is 8.78. The van der Waals surface area contributed by atoms with Crippen molar-refractivity contribution < 1.29 is 37.9 Å². The Hall–Kier alpha value is -5.63. The Morgan fingerprint density at radius 1 is 0.707 bits per heavy atom. The van der Waals surface area contributed by atoms with Crippen LogP contribution in [0.2, 0.25) is 10.0 Å². The highest BCUT2D eigenvalue weighted by Crippen LogP contribution is 2.34. The zero-order valence-electron chi connectivity index (χ0n) is 33.7. The highest BCUT2D eigenvalue weighted by molar-refractivity contribution is 6.32. The maximum absolute atomic E-state index is 10.6. The molecule has 0 fully saturated rings. The quantitative estimate of drug-likeness (QED) is 0.0921. The van der Waals surface area contributed by atoms with Gasteiger partial charge in [0.15, 0.2) is 6.61 Å². The number of benzene rings is 4. The first-order valence-electron chi connectivity index (χ1n) is 18.6. The number of nitrogens with zero attached hydrogens (tertiary/aromatic N) is 5. The number of hydrogen-bond acceptors (Lipinski definition) is 12. The summed E-state index contributed by atoms with van der Waals surface area (Å²) in [6.07, 6.45) is 1.04. The maximum Gasteiger partial charge on any atom is 0.341 e. The topological polar surface area (TPSA) is 155 Å². The largest absolute Gasteiger partial charge is 0.494 e. The molecule has 0 unspecified atom stereocenters. The van der Waals surface area contributed by atoms with Gasteiger partial charge in [-0.25, -0.2) is 4.79 Å². The molecule has 0 amide bonds. The molecule has 6 rings (SSSR count). The molecule has 0 saturated heterocycles. The minimum absolute atomic E-state index is 0.0174. The van der Waals surface area contributed by atoms with Gasteiger partial charge in [-0.3, -0.25) is 0 Å². The molecule has 0 radical (unpaired) electrons. The average molecular weight is 833 g/mol. The molecular formula is C43H47Cl2N5O8. The summed E-state index contributed by atoms with van der Waals surface area (Å²) >= 11 is 12.6. The van der Waals surface area contributed by atoms with E-state index in [4.69, 9.17) is 56.3 Å². The first kappa shape index (κ1) is 43.5. The van der Waals surface area contributed by atoms with Crippen molar-refractivity contribution in [2.45, 2.75) is 60.2 Å². The van der Waals surface area contributed by atoms with E-state index in [2.05, 4.69) is 39.3 Å². The van der Waals surface area contributed by atoms with Crippen molar-refractivity contribution in [3.05, 3.63) is 94.0 Å². The fourth-order valence-corrected chi connectivity index (χ4v) is 5.99. The Bertz CT molecular complexity index is 2310. The Morgan fingerprint density at radius 2 is 1.17 bits per heavy atom. The number of hydrogen-bond donors (Lipinski definition) is 1. The second kappa shape index (κ2) is 20.2. The van der Waals surface area contributed by atoms with Crippen molar-refractivity contribution in [1.29, 1.82) is 0 Å². The lowest BCUT2D eigenvalue weighted by Crippen LogP contribution is -2.15. The van der Waals surface area contributed by atoms with Crippen molar-refractivity contribution >= 4 is 29.2 Å². The van der Waals surface area contributed by atoms with Crippen LogP contribution >= 0.6 is 23.2 Å². The zero-order valence-corrected chi connectivity index (χ0v) is 35.2. The van der Waals surface area contributed by atoms with Gasteiger partial charge in [-0.05, 0) is 146 Å². The van der Waals surface area contributed by atoms with Crippen LogP contribution in [0.1, 0.15) is 45.2 Å². The molecule has 2 aromatic heterocycles. The van der Waals surface area contributed by atoms with E-state index in [1.54, 1.807) is 42.5 Å². The second-order valence-electron chi connectivity index (χ2n) is 14.1. The lowest BCUT2D eigenvalue weighted by molar-refractivity contribution is -0.139. The molecule has 6 aromatic rings. The van der Waals surface area contributed by atoms with Crippen molar-refractivity contribution in [3.8, 4) is 68.7 Å². The lowest BCUT2D eigenvalue weighted by Gasteiger charge is -2.11. The van der Waals surface area contributed by atoms with E-state index in [9.17, 15) is 4.79 Å². The van der Waals surface area contributed by atoms with Gasteiger partial charge in [0.05, 0.1) is 28.9 Å². The van der Waals surface area contributed by atoms with Crippen LogP contribution in [-0.4, -0.2) is 82.3 Å². The summed E-state index contributed by atoms with van der Waals surface area (Å²) in [6.45, 7) is 12.9. The summed E-state index contributed by atoms with van der Waals surface area (Å²) in [5.41, 5.74) is 4.92. The van der Waals surface area contributed by atoms with Gasteiger partial charge in [-0.2, -0.15) is 9.97 Å². The van der Waals surface area contributed by atoms with E-state index in [1.165, 1.54) is 0 Å². The predicted molar refractivity (Wildman–Crippen MR) is 223 cm³/mol. The smallest absolute Gasteiger partial charge is 0.341 e. The van der Waals surface area contributed by atoms with E-state index in [0.717, 1.165) is 46.5 Å². The molecular weight excluding hydrogens is 785 g/mol. The third-order valence-electron chi connectivity index (χ3n) is 8.19. The first-order valence-corrected chi connectivity index (χ1v) is 19.4. The average Bonchev–Trinajstić information content (AvgIpc) is 3.86. The van der Waals surface area contributed by atoms with Crippen LogP contribution in [0.15, 0.2) is 81.8 Å². The molecule has 15 heteroatoms. The van der Waals surface area contributed by atoms with Gasteiger partial charge in [0.1, 0.15) is 23.0 Å². The van der Waals surface area contributed by atoms with Gasteiger partial charge >= 0.3 is 5.97 Å². The Labute approximate surface area is 347 Å². The Morgan fingerprint density at radius 3 is 1.57 bits per heavy atom. The van der Waals surface area contributed by atoms with Crippen LogP contribution in [0, 0.1) is 13.8 Å². The molecule has 0 aliphatic heterocycles. The highest BCUT2D eigenvalue weighted by Gasteiger charge is 2.17. The highest BCUT2D eigenvalue weighted by atomic mass is 35.5. The van der Waals surface area contributed by atoms with Gasteiger partial charge in [-0.1, -0.05) is 33.5 Å². The Balaban J connectivity index is 0.000000221. The van der Waals surface area contributed by atoms with Crippen LogP contribution in [0.25, 0.3) is 45.7 Å². The standard InChI is InChI=1S/C23H28ClN3O3.C20H19ClN2O5/c1-15(2)29-21-10-7-17(14-20(21)24)23-25-22(26-30-23)19-9-8-18(13-16(19)3)28-12-6-11-27(4)5;1-11(2)27-17-7-4-13(9-16(17)21)20-22-19(23-28-20)15-6-5-14(8-12(15)3)26-10-18(24)25/h7-10,13-15H,6,11-12H2,1-5H3;4-9,11H,10H2,1-3H3,(H,24,25). The Kier molecular flexibility index (Phi) is 15.1. The predicted octanol–water partition coefficient (Wildman–Crippen LogP) is 10.1. The van der Waals surface area contributed by atoms with Gasteiger partial charge in [0, 0.05) is 28.8 Å². The second-order valence-corrected chi connectivity index (χ2v) is 14.9. The van der Waals surface area contributed by atoms with E-state index >= 15 is 0 Å². The first-order chi connectivity index (χ1) is 27.7. The van der Waals surface area contributed by atoms with Gasteiger partial charge in [0.2, 0.25) is 11.6 Å². The van der Waals surface area contributed by atoms with Crippen LogP contribution < -0.4 is 18.9 Å². The molecule has 0 bridgehead atoms. The number of aromatic nitrogens is 4. The number of aryl methyl sites for hydroxylation is 2. The molecule has 0 spiro atoms. The molecule has 2 heterocycles. The summed E-state index contributed by atoms with van der Waals surface area (Å²) in [4.78, 5) is 21.7. The number of rotatable bonds is 16. The van der Waals surface area contributed by atoms with E-state index in [1.807, 2.05) is 71.9 Å². The van der Waals surface area contributed by atoms with Crippen LogP contribution in [0.5, 0.6) is 23.0 Å². The molecule has 0 saturated carbocycles. The molecule has 306 valence electrons. The lowest BCUT2D eigenvalue weighted by atomic mass is 10.1. The summed E-state index contributed by atoms with van der Waals surface area (Å²) in [6, 6.07) is 21.8. The van der Waals surface area contributed by atoms with E-state index in [-0.39, 0.29) is 12.2 Å². The van der Waals surface area contributed by atoms with Crippen molar-refractivity contribution in [2.75, 3.05) is 33.9 Å². The number of carboxylic acids is 1. The molecule has 1 N–H and O–H groups in total. The summed E-state index contributed by atoms with van der Waals surface area (Å²) in [5, 5.41) is 17.8. The van der Waals surface area contributed by atoms with Gasteiger partial charge in [-0.15, -0.1) is 0 Å². The third kappa shape index (κ3) is 12.2. The SMILES string of the molecule is Cc1cc(OCC(=O)O)ccc1-c1noc(-c2ccc(OC(C)C)c(Cl)c2)n1.Cc1cc(OCCCN(C)C)ccc1-c1noc(-c2ccc(OC(C)C)c(Cl)c2)n1. The molecule has 58 heavy (non-hydrogen) atoms. The molecule has 4 aromatic carbocycles. The van der Waals surface area contributed by atoms with Crippen LogP contribution in [0.3, 0.4) is 0 Å². The van der Waals surface area contributed by atoms with E-state index in [0.29, 0.717) is 62.9 Å². The fourth-order valence-electron chi connectivity index (χ4n) is 5.54. The monoisotopic (exact) mass is 831 g/mol. The molecule has 0 aliphatic carbocycles. The maximum atomic E-state index is 10.6. The summed E-state index contributed by atoms with van der Waals surface area (Å²) in [7, 11) is 4.11. The number of carbonyl (C=O) groups is 1. The normalized spacial score (nSPS) is 11.1. The van der Waals surface area contributed by atoms with Gasteiger partial charge < -0.3 is 38.0 Å². The van der Waals surface area contributed by atoms with Crippen molar-refractivity contribution in [3.63, 3.8) is 0 Å². The molecule has 0 aliphatic rings. The fraction of sp³-hybridized carbons (Fsp3) is 0.326. The summed E-state index contributed by atoms with van der Waals surface area (Å²) in [5.74, 6) is 3.17. The van der Waals surface area contributed by atoms with Crippen molar-refractivity contribution in [1.82, 2.24) is 25.2 Å². The van der Waals surface area contributed by atoms with Gasteiger partial charge in [0.25, 0.3) is 11.8 Å². The minimum atomic E-state index is -1.03. The summed E-state index contributed by atoms with van der Waals surface area (Å²) < 4.78 is 33.2. The minimum Gasteiger partial charge on any atom is -0.494 e. The number of halogens is 2. The molecule has 13 nitrogen and oxygen atoms in total. The van der Waals surface area contributed by atoms with Crippen molar-refractivity contribution in [2.24, 2.45) is 0 Å². The molecule has 0 atom stereocenters. The number of ether oxygens (including phenoxy) is 4. The van der Waals surface area contributed by atoms with E-state index < -0.39 is 12.6 Å². The number of aliphatic carboxylic acids is 1. The van der Waals surface area contributed by atoms with Crippen LogP contribution in [-0.2, 0) is 4.79 Å².